The molecule has 2 aromatic rings. The van der Waals surface area contributed by atoms with Gasteiger partial charge < -0.3 is 10.1 Å². The van der Waals surface area contributed by atoms with Crippen LogP contribution in [0.3, 0.4) is 0 Å². The summed E-state index contributed by atoms with van der Waals surface area (Å²) in [5.74, 6) is 1.47. The van der Waals surface area contributed by atoms with Gasteiger partial charge in [0, 0.05) is 0 Å². The largest absolute Gasteiger partial charge is 0.492 e. The first kappa shape index (κ1) is 18.1. The van der Waals surface area contributed by atoms with Gasteiger partial charge in [-0.05, 0) is 37.6 Å². The SMILES string of the molecule is CCCCS(=O)(=O)Nc1ccc(Nc2ccccc2OCC)nc1. The molecule has 0 bridgehead atoms. The molecule has 0 aliphatic carbocycles. The summed E-state index contributed by atoms with van der Waals surface area (Å²) in [4.78, 5) is 4.25. The van der Waals surface area contributed by atoms with Gasteiger partial charge in [0.1, 0.15) is 11.6 Å². The average molecular weight is 349 g/mol. The summed E-state index contributed by atoms with van der Waals surface area (Å²) >= 11 is 0. The van der Waals surface area contributed by atoms with Gasteiger partial charge in [0.25, 0.3) is 0 Å². The number of para-hydroxylation sites is 2. The van der Waals surface area contributed by atoms with Gasteiger partial charge in [-0.15, -0.1) is 0 Å². The summed E-state index contributed by atoms with van der Waals surface area (Å²) in [6.45, 7) is 4.46. The minimum absolute atomic E-state index is 0.116. The Morgan fingerprint density at radius 3 is 2.58 bits per heavy atom. The molecular weight excluding hydrogens is 326 g/mol. The van der Waals surface area contributed by atoms with E-state index in [9.17, 15) is 8.42 Å². The number of rotatable bonds is 9. The Kier molecular flexibility index (Phi) is 6.43. The second kappa shape index (κ2) is 8.54. The first-order chi connectivity index (χ1) is 11.5. The fourth-order valence-corrected chi connectivity index (χ4v) is 3.33. The third-order valence-electron chi connectivity index (χ3n) is 3.25. The number of sulfonamides is 1. The minimum atomic E-state index is -3.31. The molecule has 0 unspecified atom stereocenters. The zero-order valence-corrected chi connectivity index (χ0v) is 14.8. The summed E-state index contributed by atoms with van der Waals surface area (Å²) in [6.07, 6.45) is 2.97. The van der Waals surface area contributed by atoms with E-state index >= 15 is 0 Å². The summed E-state index contributed by atoms with van der Waals surface area (Å²) in [5.41, 5.74) is 1.26. The van der Waals surface area contributed by atoms with E-state index in [0.717, 1.165) is 17.9 Å². The van der Waals surface area contributed by atoms with Gasteiger partial charge in [-0.25, -0.2) is 13.4 Å². The van der Waals surface area contributed by atoms with Crippen molar-refractivity contribution in [2.45, 2.75) is 26.7 Å². The van der Waals surface area contributed by atoms with Crippen LogP contribution in [0, 0.1) is 0 Å². The number of ether oxygens (including phenoxy) is 1. The standard InChI is InChI=1S/C17H23N3O3S/c1-3-5-12-24(21,22)20-14-10-11-17(18-13-14)19-15-8-6-7-9-16(15)23-4-2/h6-11,13,20H,3-5,12H2,1-2H3,(H,18,19). The summed E-state index contributed by atoms with van der Waals surface area (Å²) in [5, 5.41) is 3.17. The Morgan fingerprint density at radius 1 is 1.12 bits per heavy atom. The van der Waals surface area contributed by atoms with Crippen LogP contribution in [0.15, 0.2) is 42.6 Å². The van der Waals surface area contributed by atoms with E-state index in [-0.39, 0.29) is 5.75 Å². The molecule has 0 amide bonds. The second-order valence-electron chi connectivity index (χ2n) is 5.26. The minimum Gasteiger partial charge on any atom is -0.492 e. The van der Waals surface area contributed by atoms with E-state index in [1.807, 2.05) is 38.1 Å². The Balaban J connectivity index is 2.05. The molecule has 0 spiro atoms. The molecule has 2 rings (SSSR count). The molecule has 1 aromatic carbocycles. The highest BCUT2D eigenvalue weighted by Gasteiger charge is 2.10. The fraction of sp³-hybridized carbons (Fsp3) is 0.353. The van der Waals surface area contributed by atoms with Crippen molar-refractivity contribution in [1.29, 1.82) is 0 Å². The van der Waals surface area contributed by atoms with E-state index in [1.54, 1.807) is 12.1 Å². The molecule has 7 heteroatoms. The van der Waals surface area contributed by atoms with Gasteiger partial charge in [-0.2, -0.15) is 0 Å². The lowest BCUT2D eigenvalue weighted by atomic mass is 10.3. The zero-order chi connectivity index (χ0) is 17.4. The number of unbranched alkanes of at least 4 members (excludes halogenated alkanes) is 1. The molecule has 0 aliphatic rings. The van der Waals surface area contributed by atoms with Crippen LogP contribution in [-0.2, 0) is 10.0 Å². The molecule has 1 heterocycles. The Morgan fingerprint density at radius 2 is 1.92 bits per heavy atom. The summed E-state index contributed by atoms with van der Waals surface area (Å²) in [7, 11) is -3.31. The van der Waals surface area contributed by atoms with Crippen molar-refractivity contribution in [3.05, 3.63) is 42.6 Å². The van der Waals surface area contributed by atoms with E-state index in [0.29, 0.717) is 24.5 Å². The van der Waals surface area contributed by atoms with Gasteiger partial charge in [-0.3, -0.25) is 4.72 Å². The molecular formula is C17H23N3O3S. The topological polar surface area (TPSA) is 80.3 Å². The third kappa shape index (κ3) is 5.42. The molecule has 6 nitrogen and oxygen atoms in total. The zero-order valence-electron chi connectivity index (χ0n) is 14.0. The van der Waals surface area contributed by atoms with E-state index in [1.165, 1.54) is 6.20 Å². The van der Waals surface area contributed by atoms with Gasteiger partial charge in [0.2, 0.25) is 10.0 Å². The Hall–Kier alpha value is -2.28. The molecule has 0 atom stereocenters. The van der Waals surface area contributed by atoms with Gasteiger partial charge >= 0.3 is 0 Å². The quantitative estimate of drug-likeness (QED) is 0.720. The maximum Gasteiger partial charge on any atom is 0.232 e. The smallest absolute Gasteiger partial charge is 0.232 e. The van der Waals surface area contributed by atoms with E-state index in [4.69, 9.17) is 4.74 Å². The highest BCUT2D eigenvalue weighted by atomic mass is 32.2. The molecule has 0 fully saturated rings. The second-order valence-corrected chi connectivity index (χ2v) is 7.10. The molecule has 130 valence electrons. The fourth-order valence-electron chi connectivity index (χ4n) is 2.08. The summed E-state index contributed by atoms with van der Waals surface area (Å²) < 4.78 is 31.8. The maximum absolute atomic E-state index is 11.9. The van der Waals surface area contributed by atoms with E-state index in [2.05, 4.69) is 15.0 Å². The number of nitrogens with one attached hydrogen (secondary N) is 2. The summed E-state index contributed by atoms with van der Waals surface area (Å²) in [6, 6.07) is 11.0. The van der Waals surface area contributed by atoms with Gasteiger partial charge in [0.05, 0.1) is 29.9 Å². The van der Waals surface area contributed by atoms with Crippen LogP contribution in [0.1, 0.15) is 26.7 Å². The molecule has 0 aliphatic heterocycles. The Bertz CT molecular complexity index is 746. The Labute approximate surface area is 143 Å². The van der Waals surface area contributed by atoms with Crippen LogP contribution in [0.2, 0.25) is 0 Å². The monoisotopic (exact) mass is 349 g/mol. The predicted octanol–water partition coefficient (Wildman–Crippen LogP) is 3.77. The first-order valence-electron chi connectivity index (χ1n) is 7.99. The van der Waals surface area contributed by atoms with Crippen molar-refractivity contribution in [3.8, 4) is 5.75 Å². The third-order valence-corrected chi connectivity index (χ3v) is 4.63. The first-order valence-corrected chi connectivity index (χ1v) is 9.64. The number of benzene rings is 1. The van der Waals surface area contributed by atoms with Crippen LogP contribution in [0.4, 0.5) is 17.2 Å². The highest BCUT2D eigenvalue weighted by Crippen LogP contribution is 2.26. The van der Waals surface area contributed by atoms with Crippen LogP contribution >= 0.6 is 0 Å². The van der Waals surface area contributed by atoms with Crippen molar-refractivity contribution >= 4 is 27.2 Å². The number of pyridine rings is 1. The van der Waals surface area contributed by atoms with E-state index < -0.39 is 10.0 Å². The number of aromatic nitrogens is 1. The number of hydrogen-bond donors (Lipinski definition) is 2. The van der Waals surface area contributed by atoms with Crippen molar-refractivity contribution in [2.75, 3.05) is 22.4 Å². The van der Waals surface area contributed by atoms with Crippen LogP contribution < -0.4 is 14.8 Å². The van der Waals surface area contributed by atoms with Crippen molar-refractivity contribution in [1.82, 2.24) is 4.98 Å². The van der Waals surface area contributed by atoms with Crippen LogP contribution in [0.5, 0.6) is 5.75 Å². The lowest BCUT2D eigenvalue weighted by molar-refractivity contribution is 0.342. The molecule has 0 saturated heterocycles. The van der Waals surface area contributed by atoms with Crippen LogP contribution in [-0.4, -0.2) is 25.8 Å². The lowest BCUT2D eigenvalue weighted by Crippen LogP contribution is -2.16. The van der Waals surface area contributed by atoms with Gasteiger partial charge in [0.15, 0.2) is 0 Å². The number of anilines is 3. The molecule has 0 radical (unpaired) electrons. The maximum atomic E-state index is 11.9. The molecule has 0 saturated carbocycles. The van der Waals surface area contributed by atoms with Gasteiger partial charge in [-0.1, -0.05) is 25.5 Å². The van der Waals surface area contributed by atoms with Crippen molar-refractivity contribution in [2.24, 2.45) is 0 Å². The number of nitrogens with zero attached hydrogens (tertiary/aromatic N) is 1. The lowest BCUT2D eigenvalue weighted by Gasteiger charge is -2.12. The molecule has 24 heavy (non-hydrogen) atoms. The van der Waals surface area contributed by atoms with Crippen LogP contribution in [0.25, 0.3) is 0 Å². The highest BCUT2D eigenvalue weighted by molar-refractivity contribution is 7.92. The number of hydrogen-bond acceptors (Lipinski definition) is 5. The van der Waals surface area contributed by atoms with Crippen molar-refractivity contribution in [3.63, 3.8) is 0 Å². The predicted molar refractivity (Wildman–Crippen MR) is 97.4 cm³/mol. The molecule has 1 aromatic heterocycles. The normalized spacial score (nSPS) is 11.1. The average Bonchev–Trinajstić information content (AvgIpc) is 2.57. The van der Waals surface area contributed by atoms with Crippen molar-refractivity contribution < 1.29 is 13.2 Å². The molecule has 2 N–H and O–H groups in total.